The SMILES string of the molecule is CC(=O)N1c2ccccc2C(C)=C(C)c2ccc(Cl)cc21. The standard InChI is InChI=1S/C18H16ClNO/c1-11-12(2)16-9-8-14(19)10-18(16)20(13(3)21)17-7-5-4-6-15(11)17/h4-10H,1-3H3. The summed E-state index contributed by atoms with van der Waals surface area (Å²) in [6, 6.07) is 13.7. The molecule has 0 unspecified atom stereocenters. The Balaban J connectivity index is 2.43. The van der Waals surface area contributed by atoms with Gasteiger partial charge in [0.2, 0.25) is 5.91 Å². The number of amides is 1. The molecule has 0 fully saturated rings. The van der Waals surface area contributed by atoms with Crippen molar-refractivity contribution in [2.45, 2.75) is 20.8 Å². The zero-order chi connectivity index (χ0) is 15.1. The van der Waals surface area contributed by atoms with Gasteiger partial charge in [-0.05, 0) is 43.2 Å². The molecule has 0 spiro atoms. The molecule has 2 aromatic rings. The van der Waals surface area contributed by atoms with E-state index in [1.165, 1.54) is 5.57 Å². The van der Waals surface area contributed by atoms with E-state index in [0.29, 0.717) is 5.02 Å². The molecular weight excluding hydrogens is 282 g/mol. The predicted molar refractivity (Wildman–Crippen MR) is 88.9 cm³/mol. The van der Waals surface area contributed by atoms with Crippen molar-refractivity contribution >= 4 is 40.0 Å². The van der Waals surface area contributed by atoms with E-state index in [1.807, 2.05) is 36.4 Å². The first-order chi connectivity index (χ1) is 10.0. The summed E-state index contributed by atoms with van der Waals surface area (Å²) >= 11 is 6.16. The Labute approximate surface area is 129 Å². The van der Waals surface area contributed by atoms with Gasteiger partial charge in [0, 0.05) is 23.1 Å². The van der Waals surface area contributed by atoms with Crippen LogP contribution in [0.5, 0.6) is 0 Å². The van der Waals surface area contributed by atoms with Crippen LogP contribution in [-0.2, 0) is 4.79 Å². The smallest absolute Gasteiger partial charge is 0.228 e. The average molecular weight is 298 g/mol. The molecule has 1 amide bonds. The minimum atomic E-state index is -0.0199. The maximum atomic E-state index is 12.3. The van der Waals surface area contributed by atoms with E-state index in [9.17, 15) is 4.79 Å². The summed E-state index contributed by atoms with van der Waals surface area (Å²) in [5, 5.41) is 0.629. The summed E-state index contributed by atoms with van der Waals surface area (Å²) in [6.07, 6.45) is 0. The van der Waals surface area contributed by atoms with Crippen molar-refractivity contribution in [3.8, 4) is 0 Å². The quantitative estimate of drug-likeness (QED) is 0.647. The number of hydrogen-bond donors (Lipinski definition) is 0. The summed E-state index contributed by atoms with van der Waals surface area (Å²) in [5.74, 6) is -0.0199. The van der Waals surface area contributed by atoms with E-state index >= 15 is 0 Å². The summed E-state index contributed by atoms with van der Waals surface area (Å²) in [5.41, 5.74) is 6.22. The van der Waals surface area contributed by atoms with Crippen molar-refractivity contribution in [2.75, 3.05) is 4.90 Å². The third-order valence-electron chi connectivity index (χ3n) is 4.03. The van der Waals surface area contributed by atoms with Gasteiger partial charge in [-0.25, -0.2) is 0 Å². The lowest BCUT2D eigenvalue weighted by atomic mass is 9.97. The molecule has 3 heteroatoms. The largest absolute Gasteiger partial charge is 0.280 e. The lowest BCUT2D eigenvalue weighted by Crippen LogP contribution is -2.23. The zero-order valence-electron chi connectivity index (χ0n) is 12.3. The highest BCUT2D eigenvalue weighted by molar-refractivity contribution is 6.31. The van der Waals surface area contributed by atoms with E-state index < -0.39 is 0 Å². The summed E-state index contributed by atoms with van der Waals surface area (Å²) in [7, 11) is 0. The topological polar surface area (TPSA) is 20.3 Å². The van der Waals surface area contributed by atoms with Gasteiger partial charge in [0.25, 0.3) is 0 Å². The van der Waals surface area contributed by atoms with Crippen LogP contribution in [0.25, 0.3) is 11.1 Å². The fourth-order valence-electron chi connectivity index (χ4n) is 2.87. The highest BCUT2D eigenvalue weighted by Gasteiger charge is 2.25. The molecule has 1 aliphatic heterocycles. The van der Waals surface area contributed by atoms with Crippen LogP contribution < -0.4 is 4.90 Å². The van der Waals surface area contributed by atoms with E-state index in [1.54, 1.807) is 11.8 Å². The number of anilines is 2. The minimum Gasteiger partial charge on any atom is -0.280 e. The van der Waals surface area contributed by atoms with Gasteiger partial charge >= 0.3 is 0 Å². The lowest BCUT2D eigenvalue weighted by Gasteiger charge is -2.24. The first kappa shape index (κ1) is 13.9. The van der Waals surface area contributed by atoms with Crippen LogP contribution in [0.4, 0.5) is 11.4 Å². The Morgan fingerprint density at radius 1 is 0.952 bits per heavy atom. The molecule has 1 heterocycles. The van der Waals surface area contributed by atoms with Crippen LogP contribution in [0.3, 0.4) is 0 Å². The zero-order valence-corrected chi connectivity index (χ0v) is 13.0. The third-order valence-corrected chi connectivity index (χ3v) is 4.27. The molecular formula is C18H16ClNO. The van der Waals surface area contributed by atoms with Gasteiger partial charge in [-0.1, -0.05) is 35.9 Å². The van der Waals surface area contributed by atoms with Crippen molar-refractivity contribution in [3.05, 3.63) is 58.6 Å². The molecule has 0 bridgehead atoms. The molecule has 2 aromatic carbocycles. The molecule has 0 atom stereocenters. The number of halogens is 1. The lowest BCUT2D eigenvalue weighted by molar-refractivity contribution is -0.115. The molecule has 0 aliphatic carbocycles. The molecule has 21 heavy (non-hydrogen) atoms. The van der Waals surface area contributed by atoms with Crippen LogP contribution in [-0.4, -0.2) is 5.91 Å². The fraction of sp³-hybridized carbons (Fsp3) is 0.167. The van der Waals surface area contributed by atoms with E-state index in [-0.39, 0.29) is 5.91 Å². The van der Waals surface area contributed by atoms with Gasteiger partial charge in [0.1, 0.15) is 0 Å². The predicted octanol–water partition coefficient (Wildman–Crippen LogP) is 5.29. The Bertz CT molecular complexity index is 777. The number of benzene rings is 2. The van der Waals surface area contributed by atoms with Crippen molar-refractivity contribution in [3.63, 3.8) is 0 Å². The number of hydrogen-bond acceptors (Lipinski definition) is 1. The second-order valence-electron chi connectivity index (χ2n) is 5.28. The normalized spacial score (nSPS) is 13.6. The highest BCUT2D eigenvalue weighted by Crippen LogP contribution is 2.44. The van der Waals surface area contributed by atoms with Crippen molar-refractivity contribution in [1.29, 1.82) is 0 Å². The fourth-order valence-corrected chi connectivity index (χ4v) is 3.03. The van der Waals surface area contributed by atoms with Gasteiger partial charge in [0.15, 0.2) is 0 Å². The van der Waals surface area contributed by atoms with Gasteiger partial charge in [-0.3, -0.25) is 9.69 Å². The molecule has 0 saturated carbocycles. The minimum absolute atomic E-state index is 0.0199. The second-order valence-corrected chi connectivity index (χ2v) is 5.72. The van der Waals surface area contributed by atoms with Crippen molar-refractivity contribution < 1.29 is 4.79 Å². The number of nitrogens with zero attached hydrogens (tertiary/aromatic N) is 1. The molecule has 3 rings (SSSR count). The van der Waals surface area contributed by atoms with Gasteiger partial charge < -0.3 is 0 Å². The van der Waals surface area contributed by atoms with E-state index in [4.69, 9.17) is 11.6 Å². The van der Waals surface area contributed by atoms with Crippen LogP contribution in [0, 0.1) is 0 Å². The number of carbonyl (C=O) groups excluding carboxylic acids is 1. The van der Waals surface area contributed by atoms with Gasteiger partial charge in [0.05, 0.1) is 11.4 Å². The first-order valence-electron chi connectivity index (χ1n) is 6.88. The van der Waals surface area contributed by atoms with Gasteiger partial charge in [-0.2, -0.15) is 0 Å². The number of allylic oxidation sites excluding steroid dienone is 2. The summed E-state index contributed by atoms with van der Waals surface area (Å²) in [4.78, 5) is 14.0. The Morgan fingerprint density at radius 3 is 2.24 bits per heavy atom. The molecule has 0 N–H and O–H groups in total. The Morgan fingerprint density at radius 2 is 1.57 bits per heavy atom. The Kier molecular flexibility index (Phi) is 3.34. The number of para-hydroxylation sites is 1. The molecule has 0 aromatic heterocycles. The maximum absolute atomic E-state index is 12.3. The molecule has 0 saturated heterocycles. The third kappa shape index (κ3) is 2.16. The molecule has 0 radical (unpaired) electrons. The number of fused-ring (bicyclic) bond motifs is 2. The summed E-state index contributed by atoms with van der Waals surface area (Å²) in [6.45, 7) is 5.76. The molecule has 1 aliphatic rings. The Hall–Kier alpha value is -2.06. The number of carbonyl (C=O) groups is 1. The van der Waals surface area contributed by atoms with E-state index in [2.05, 4.69) is 19.9 Å². The van der Waals surface area contributed by atoms with E-state index in [0.717, 1.165) is 28.1 Å². The molecule has 2 nitrogen and oxygen atoms in total. The van der Waals surface area contributed by atoms with Gasteiger partial charge in [-0.15, -0.1) is 0 Å². The monoisotopic (exact) mass is 297 g/mol. The van der Waals surface area contributed by atoms with Crippen LogP contribution in [0.2, 0.25) is 5.02 Å². The van der Waals surface area contributed by atoms with Crippen LogP contribution >= 0.6 is 11.6 Å². The first-order valence-corrected chi connectivity index (χ1v) is 7.26. The van der Waals surface area contributed by atoms with Crippen molar-refractivity contribution in [1.82, 2.24) is 0 Å². The number of rotatable bonds is 0. The summed E-state index contributed by atoms with van der Waals surface area (Å²) < 4.78 is 0. The van der Waals surface area contributed by atoms with Crippen LogP contribution in [0.15, 0.2) is 42.5 Å². The second kappa shape index (κ2) is 5.05. The maximum Gasteiger partial charge on any atom is 0.228 e. The molecule has 106 valence electrons. The van der Waals surface area contributed by atoms with Crippen LogP contribution in [0.1, 0.15) is 31.9 Å². The highest BCUT2D eigenvalue weighted by atomic mass is 35.5. The average Bonchev–Trinajstić information content (AvgIpc) is 2.54. The van der Waals surface area contributed by atoms with Crippen molar-refractivity contribution in [2.24, 2.45) is 0 Å².